The Hall–Kier alpha value is -3.33. The molecule has 0 aliphatic heterocycles. The van der Waals surface area contributed by atoms with Crippen molar-refractivity contribution in [2.24, 2.45) is 5.92 Å². The van der Waals surface area contributed by atoms with Crippen LogP contribution in [-0.4, -0.2) is 18.0 Å². The van der Waals surface area contributed by atoms with Gasteiger partial charge in [-0.15, -0.1) is 0 Å². The standard InChI is InChI=1S/C23H25N3O3/c24-15-21(18-11-5-2-6-12-18)25-22(27)19-13-7-8-14-20(19)26-23(28)29-16-17-9-3-1-4-10-17/h1-6,9-12,19-21H,7-8,13-14,16H2,(H,25,27)(H,26,28)/t19-,20-,21-/m1/s1. The first kappa shape index (κ1) is 20.4. The summed E-state index contributed by atoms with van der Waals surface area (Å²) in [4.78, 5) is 25.1. The second-order valence-corrected chi connectivity index (χ2v) is 7.18. The molecule has 150 valence electrons. The normalized spacial score (nSPS) is 19.4. The molecule has 0 aromatic heterocycles. The van der Waals surface area contributed by atoms with Crippen LogP contribution in [0.4, 0.5) is 4.79 Å². The van der Waals surface area contributed by atoms with E-state index in [0.717, 1.165) is 24.0 Å². The summed E-state index contributed by atoms with van der Waals surface area (Å²) in [6.07, 6.45) is 2.70. The lowest BCUT2D eigenvalue weighted by Gasteiger charge is -2.31. The maximum absolute atomic E-state index is 12.9. The second-order valence-electron chi connectivity index (χ2n) is 7.18. The number of rotatable bonds is 6. The number of nitriles is 1. The van der Waals surface area contributed by atoms with Crippen LogP contribution in [0, 0.1) is 17.2 Å². The van der Waals surface area contributed by atoms with Crippen LogP contribution in [0.1, 0.15) is 42.9 Å². The Bertz CT molecular complexity index is 849. The van der Waals surface area contributed by atoms with Gasteiger partial charge in [0.05, 0.1) is 12.0 Å². The number of carbonyl (C=O) groups excluding carboxylic acids is 2. The topological polar surface area (TPSA) is 91.2 Å². The molecule has 0 spiro atoms. The van der Waals surface area contributed by atoms with Gasteiger partial charge in [-0.05, 0) is 24.0 Å². The summed E-state index contributed by atoms with van der Waals surface area (Å²) in [5.41, 5.74) is 1.64. The van der Waals surface area contributed by atoms with E-state index in [4.69, 9.17) is 4.74 Å². The molecule has 29 heavy (non-hydrogen) atoms. The van der Waals surface area contributed by atoms with Crippen LogP contribution in [0.3, 0.4) is 0 Å². The average molecular weight is 391 g/mol. The number of amides is 2. The Kier molecular flexibility index (Phi) is 7.23. The minimum atomic E-state index is -0.712. The minimum Gasteiger partial charge on any atom is -0.445 e. The molecule has 2 N–H and O–H groups in total. The molecule has 6 nitrogen and oxygen atoms in total. The Morgan fingerprint density at radius 3 is 2.38 bits per heavy atom. The second kappa shape index (κ2) is 10.3. The molecule has 1 aliphatic carbocycles. The number of hydrogen-bond acceptors (Lipinski definition) is 4. The predicted octanol–water partition coefficient (Wildman–Crippen LogP) is 3.85. The molecular weight excluding hydrogens is 366 g/mol. The lowest BCUT2D eigenvalue weighted by Crippen LogP contribution is -2.49. The molecule has 1 saturated carbocycles. The van der Waals surface area contributed by atoms with Crippen LogP contribution in [0.2, 0.25) is 0 Å². The van der Waals surface area contributed by atoms with Gasteiger partial charge in [0.1, 0.15) is 12.6 Å². The molecule has 0 radical (unpaired) electrons. The lowest BCUT2D eigenvalue weighted by atomic mass is 9.83. The van der Waals surface area contributed by atoms with Gasteiger partial charge in [-0.25, -0.2) is 4.79 Å². The molecule has 2 aromatic carbocycles. The van der Waals surface area contributed by atoms with Crippen LogP contribution in [0.15, 0.2) is 60.7 Å². The number of nitrogens with zero attached hydrogens (tertiary/aromatic N) is 1. The first-order chi connectivity index (χ1) is 14.2. The lowest BCUT2D eigenvalue weighted by molar-refractivity contribution is -0.127. The average Bonchev–Trinajstić information content (AvgIpc) is 2.77. The summed E-state index contributed by atoms with van der Waals surface area (Å²) < 4.78 is 5.30. The van der Waals surface area contributed by atoms with Crippen molar-refractivity contribution in [3.8, 4) is 6.07 Å². The molecule has 1 aliphatic rings. The number of benzene rings is 2. The van der Waals surface area contributed by atoms with E-state index < -0.39 is 12.1 Å². The molecule has 3 rings (SSSR count). The van der Waals surface area contributed by atoms with Crippen LogP contribution in [0.25, 0.3) is 0 Å². The quantitative estimate of drug-likeness (QED) is 0.782. The van der Waals surface area contributed by atoms with Crippen molar-refractivity contribution in [2.75, 3.05) is 0 Å². The SMILES string of the molecule is N#C[C@@H](NC(=O)[C@@H]1CCCC[C@H]1NC(=O)OCc1ccccc1)c1ccccc1. The third kappa shape index (κ3) is 5.82. The Balaban J connectivity index is 1.57. The molecule has 2 amide bonds. The van der Waals surface area contributed by atoms with E-state index in [1.54, 1.807) is 0 Å². The van der Waals surface area contributed by atoms with Gasteiger partial charge in [-0.1, -0.05) is 73.5 Å². The summed E-state index contributed by atoms with van der Waals surface area (Å²) in [6.45, 7) is 0.181. The minimum absolute atomic E-state index is 0.181. The number of nitrogens with one attached hydrogen (secondary N) is 2. The Labute approximate surface area is 170 Å². The van der Waals surface area contributed by atoms with Gasteiger partial charge >= 0.3 is 6.09 Å². The first-order valence-corrected chi connectivity index (χ1v) is 9.89. The van der Waals surface area contributed by atoms with Gasteiger partial charge in [-0.3, -0.25) is 4.79 Å². The molecule has 0 unspecified atom stereocenters. The summed E-state index contributed by atoms with van der Waals surface area (Å²) in [7, 11) is 0. The van der Waals surface area contributed by atoms with E-state index in [1.807, 2.05) is 60.7 Å². The van der Waals surface area contributed by atoms with Crippen molar-refractivity contribution in [1.29, 1.82) is 5.26 Å². The van der Waals surface area contributed by atoms with Crippen molar-refractivity contribution in [3.63, 3.8) is 0 Å². The summed E-state index contributed by atoms with van der Waals surface area (Å²) >= 11 is 0. The highest BCUT2D eigenvalue weighted by Crippen LogP contribution is 2.26. The van der Waals surface area contributed by atoms with Crippen molar-refractivity contribution in [2.45, 2.75) is 44.4 Å². The number of hydrogen-bond donors (Lipinski definition) is 2. The van der Waals surface area contributed by atoms with Gasteiger partial charge < -0.3 is 15.4 Å². The summed E-state index contributed by atoms with van der Waals surface area (Å²) in [5.74, 6) is -0.596. The third-order valence-electron chi connectivity index (χ3n) is 5.17. The molecule has 1 fully saturated rings. The molecule has 3 atom stereocenters. The van der Waals surface area contributed by atoms with E-state index in [9.17, 15) is 14.9 Å². The fraction of sp³-hybridized carbons (Fsp3) is 0.348. The van der Waals surface area contributed by atoms with Crippen molar-refractivity contribution >= 4 is 12.0 Å². The van der Waals surface area contributed by atoms with E-state index in [0.29, 0.717) is 12.8 Å². The van der Waals surface area contributed by atoms with Gasteiger partial charge in [0.15, 0.2) is 0 Å². The monoisotopic (exact) mass is 391 g/mol. The Morgan fingerprint density at radius 2 is 1.69 bits per heavy atom. The zero-order chi connectivity index (χ0) is 20.5. The first-order valence-electron chi connectivity index (χ1n) is 9.89. The molecule has 6 heteroatoms. The van der Waals surface area contributed by atoms with Crippen LogP contribution in [0.5, 0.6) is 0 Å². The summed E-state index contributed by atoms with van der Waals surface area (Å²) in [6, 6.07) is 19.7. The molecule has 0 bridgehead atoms. The number of ether oxygens (including phenoxy) is 1. The van der Waals surface area contributed by atoms with Crippen LogP contribution < -0.4 is 10.6 Å². The zero-order valence-corrected chi connectivity index (χ0v) is 16.2. The highest BCUT2D eigenvalue weighted by atomic mass is 16.5. The molecule has 2 aromatic rings. The van der Waals surface area contributed by atoms with Crippen LogP contribution in [-0.2, 0) is 16.1 Å². The number of alkyl carbamates (subject to hydrolysis) is 1. The van der Waals surface area contributed by atoms with Crippen molar-refractivity contribution in [1.82, 2.24) is 10.6 Å². The van der Waals surface area contributed by atoms with Gasteiger partial charge in [0.25, 0.3) is 0 Å². The smallest absolute Gasteiger partial charge is 0.407 e. The predicted molar refractivity (Wildman–Crippen MR) is 108 cm³/mol. The van der Waals surface area contributed by atoms with Crippen molar-refractivity contribution in [3.05, 3.63) is 71.8 Å². The summed E-state index contributed by atoms with van der Waals surface area (Å²) in [5, 5.41) is 15.1. The number of carbonyl (C=O) groups is 2. The largest absolute Gasteiger partial charge is 0.445 e. The van der Waals surface area contributed by atoms with Gasteiger partial charge in [0.2, 0.25) is 5.91 Å². The fourth-order valence-corrected chi connectivity index (χ4v) is 3.62. The molecule has 0 heterocycles. The van der Waals surface area contributed by atoms with Crippen molar-refractivity contribution < 1.29 is 14.3 Å². The highest BCUT2D eigenvalue weighted by molar-refractivity contribution is 5.81. The highest BCUT2D eigenvalue weighted by Gasteiger charge is 2.33. The van der Waals surface area contributed by atoms with Gasteiger partial charge in [-0.2, -0.15) is 5.26 Å². The Morgan fingerprint density at radius 1 is 1.03 bits per heavy atom. The maximum atomic E-state index is 12.9. The van der Waals surface area contributed by atoms with Gasteiger partial charge in [0, 0.05) is 6.04 Å². The van der Waals surface area contributed by atoms with E-state index in [2.05, 4.69) is 16.7 Å². The van der Waals surface area contributed by atoms with Crippen LogP contribution >= 0.6 is 0 Å². The fourth-order valence-electron chi connectivity index (χ4n) is 3.62. The van der Waals surface area contributed by atoms with E-state index in [-0.39, 0.29) is 24.5 Å². The molecule has 0 saturated heterocycles. The van der Waals surface area contributed by atoms with E-state index in [1.165, 1.54) is 0 Å². The maximum Gasteiger partial charge on any atom is 0.407 e. The third-order valence-corrected chi connectivity index (χ3v) is 5.17. The van der Waals surface area contributed by atoms with E-state index >= 15 is 0 Å². The zero-order valence-electron chi connectivity index (χ0n) is 16.2. The molecular formula is C23H25N3O3.